The van der Waals surface area contributed by atoms with E-state index in [2.05, 4.69) is 16.9 Å². The fraction of sp³-hybridized carbons (Fsp3) is 0.235. The molecule has 0 amide bonds. The van der Waals surface area contributed by atoms with Gasteiger partial charge in [-0.15, -0.1) is 0 Å². The van der Waals surface area contributed by atoms with E-state index in [1.807, 2.05) is 30.3 Å². The number of esters is 1. The highest BCUT2D eigenvalue weighted by Gasteiger charge is 2.04. The van der Waals surface area contributed by atoms with Crippen LogP contribution in [0.15, 0.2) is 54.6 Å². The molecule has 3 nitrogen and oxygen atoms in total. The fourth-order valence-electron chi connectivity index (χ4n) is 1.88. The van der Waals surface area contributed by atoms with E-state index in [4.69, 9.17) is 4.74 Å². The second-order valence-corrected chi connectivity index (χ2v) is 4.48. The van der Waals surface area contributed by atoms with Crippen LogP contribution >= 0.6 is 0 Å². The Hall–Kier alpha value is -2.13. The van der Waals surface area contributed by atoms with Gasteiger partial charge >= 0.3 is 5.97 Å². The third-order valence-electron chi connectivity index (χ3n) is 3.02. The molecule has 0 unspecified atom stereocenters. The van der Waals surface area contributed by atoms with E-state index in [1.54, 1.807) is 12.1 Å². The van der Waals surface area contributed by atoms with Crippen molar-refractivity contribution in [2.24, 2.45) is 0 Å². The molecule has 20 heavy (non-hydrogen) atoms. The minimum absolute atomic E-state index is 0.318. The molecule has 0 radical (unpaired) electrons. The van der Waals surface area contributed by atoms with E-state index in [1.165, 1.54) is 12.7 Å². The Bertz CT molecular complexity index is 532. The number of carbonyl (C=O) groups excluding carboxylic acids is 1. The Balaban J connectivity index is 1.75. The number of methoxy groups -OCH3 is 1. The van der Waals surface area contributed by atoms with E-state index in [0.717, 1.165) is 12.0 Å². The zero-order valence-electron chi connectivity index (χ0n) is 11.5. The van der Waals surface area contributed by atoms with Crippen LogP contribution in [0.5, 0.6) is 0 Å². The Kier molecular flexibility index (Phi) is 5.33. The number of hydrogen-bond acceptors (Lipinski definition) is 3. The van der Waals surface area contributed by atoms with Gasteiger partial charge in [-0.3, -0.25) is 0 Å². The lowest BCUT2D eigenvalue weighted by molar-refractivity contribution is 0.0600. The van der Waals surface area contributed by atoms with Crippen LogP contribution in [0.4, 0.5) is 0 Å². The Labute approximate surface area is 119 Å². The summed E-state index contributed by atoms with van der Waals surface area (Å²) in [4.78, 5) is 11.3. The summed E-state index contributed by atoms with van der Waals surface area (Å²) in [5.41, 5.74) is 2.87. The van der Waals surface area contributed by atoms with Gasteiger partial charge < -0.3 is 9.47 Å². The van der Waals surface area contributed by atoms with Crippen molar-refractivity contribution in [3.63, 3.8) is 0 Å². The molecule has 0 N–H and O–H groups in total. The molecule has 0 fully saturated rings. The van der Waals surface area contributed by atoms with Crippen LogP contribution in [0.1, 0.15) is 21.5 Å². The van der Waals surface area contributed by atoms with Gasteiger partial charge in [0.05, 0.1) is 25.9 Å². The molecule has 2 aromatic rings. The molecule has 0 saturated heterocycles. The summed E-state index contributed by atoms with van der Waals surface area (Å²) in [5, 5.41) is 0. The van der Waals surface area contributed by atoms with E-state index in [9.17, 15) is 4.79 Å². The average Bonchev–Trinajstić information content (AvgIpc) is 2.52. The maximum Gasteiger partial charge on any atom is 0.337 e. The monoisotopic (exact) mass is 270 g/mol. The second-order valence-electron chi connectivity index (χ2n) is 4.48. The zero-order valence-corrected chi connectivity index (χ0v) is 11.5. The molecule has 0 spiro atoms. The highest BCUT2D eigenvalue weighted by atomic mass is 16.5. The summed E-state index contributed by atoms with van der Waals surface area (Å²) in [7, 11) is 1.38. The number of benzene rings is 2. The molecular weight excluding hydrogens is 252 g/mol. The van der Waals surface area contributed by atoms with Crippen molar-refractivity contribution >= 4 is 5.97 Å². The first-order valence-electron chi connectivity index (χ1n) is 6.58. The first-order valence-corrected chi connectivity index (χ1v) is 6.58. The number of hydrogen-bond donors (Lipinski definition) is 0. The summed E-state index contributed by atoms with van der Waals surface area (Å²) in [6.45, 7) is 1.23. The van der Waals surface area contributed by atoms with Gasteiger partial charge in [-0.25, -0.2) is 4.79 Å². The van der Waals surface area contributed by atoms with Gasteiger partial charge in [-0.1, -0.05) is 42.5 Å². The second kappa shape index (κ2) is 7.46. The van der Waals surface area contributed by atoms with Crippen molar-refractivity contribution in [2.45, 2.75) is 13.0 Å². The molecule has 0 aromatic heterocycles. The maximum absolute atomic E-state index is 11.3. The molecule has 104 valence electrons. The molecule has 2 aromatic carbocycles. The van der Waals surface area contributed by atoms with Crippen LogP contribution in [-0.4, -0.2) is 19.7 Å². The van der Waals surface area contributed by atoms with Gasteiger partial charge in [-0.2, -0.15) is 0 Å². The molecule has 0 saturated carbocycles. The molecule has 2 rings (SSSR count). The van der Waals surface area contributed by atoms with Crippen molar-refractivity contribution in [1.29, 1.82) is 0 Å². The standard InChI is InChI=1S/C17H18O3/c1-19-17(18)16-9-7-15(8-10-16)13-20-12-11-14-5-3-2-4-6-14/h2-10H,11-13H2,1H3. The van der Waals surface area contributed by atoms with Crippen molar-refractivity contribution in [2.75, 3.05) is 13.7 Å². The predicted octanol–water partition coefficient (Wildman–Crippen LogP) is 3.23. The summed E-state index contributed by atoms with van der Waals surface area (Å²) in [6.07, 6.45) is 0.904. The maximum atomic E-state index is 11.3. The molecule has 0 aliphatic heterocycles. The molecule has 0 aliphatic rings. The van der Waals surface area contributed by atoms with Crippen LogP contribution < -0.4 is 0 Å². The van der Waals surface area contributed by atoms with E-state index < -0.39 is 0 Å². The third-order valence-corrected chi connectivity index (χ3v) is 3.02. The van der Waals surface area contributed by atoms with E-state index in [-0.39, 0.29) is 5.97 Å². The minimum atomic E-state index is -0.318. The fourth-order valence-corrected chi connectivity index (χ4v) is 1.88. The molecule has 0 bridgehead atoms. The van der Waals surface area contributed by atoms with Gasteiger partial charge in [0.15, 0.2) is 0 Å². The van der Waals surface area contributed by atoms with Crippen LogP contribution in [0, 0.1) is 0 Å². The Morgan fingerprint density at radius 2 is 1.65 bits per heavy atom. The SMILES string of the molecule is COC(=O)c1ccc(COCCc2ccccc2)cc1. The summed E-state index contributed by atoms with van der Waals surface area (Å²) >= 11 is 0. The van der Waals surface area contributed by atoms with Crippen LogP contribution in [0.3, 0.4) is 0 Å². The topological polar surface area (TPSA) is 35.5 Å². The van der Waals surface area contributed by atoms with Gasteiger partial charge in [0.2, 0.25) is 0 Å². The molecule has 3 heteroatoms. The quantitative estimate of drug-likeness (QED) is 0.597. The minimum Gasteiger partial charge on any atom is -0.465 e. The normalized spacial score (nSPS) is 10.2. The summed E-state index contributed by atoms with van der Waals surface area (Å²) in [6, 6.07) is 17.5. The smallest absolute Gasteiger partial charge is 0.337 e. The van der Waals surface area contributed by atoms with Crippen LogP contribution in [-0.2, 0) is 22.5 Å². The lowest BCUT2D eigenvalue weighted by Gasteiger charge is -2.05. The molecule has 0 atom stereocenters. The predicted molar refractivity (Wildman–Crippen MR) is 77.6 cm³/mol. The van der Waals surface area contributed by atoms with Gasteiger partial charge in [-0.05, 0) is 29.7 Å². The van der Waals surface area contributed by atoms with E-state index >= 15 is 0 Å². The lowest BCUT2D eigenvalue weighted by atomic mass is 10.1. The van der Waals surface area contributed by atoms with Gasteiger partial charge in [0.25, 0.3) is 0 Å². The number of ether oxygens (including phenoxy) is 2. The highest BCUT2D eigenvalue weighted by molar-refractivity contribution is 5.89. The van der Waals surface area contributed by atoms with Crippen LogP contribution in [0.25, 0.3) is 0 Å². The summed E-state index contributed by atoms with van der Waals surface area (Å²) in [5.74, 6) is -0.318. The molecule has 0 aliphatic carbocycles. The molecular formula is C17H18O3. The molecule has 0 heterocycles. The number of carbonyl (C=O) groups is 1. The van der Waals surface area contributed by atoms with E-state index in [0.29, 0.717) is 18.8 Å². The Morgan fingerprint density at radius 3 is 2.30 bits per heavy atom. The van der Waals surface area contributed by atoms with Crippen molar-refractivity contribution in [1.82, 2.24) is 0 Å². The van der Waals surface area contributed by atoms with Crippen molar-refractivity contribution < 1.29 is 14.3 Å². The summed E-state index contributed by atoms with van der Waals surface area (Å²) < 4.78 is 10.3. The lowest BCUT2D eigenvalue weighted by Crippen LogP contribution is -2.02. The highest BCUT2D eigenvalue weighted by Crippen LogP contribution is 2.07. The van der Waals surface area contributed by atoms with Gasteiger partial charge in [0.1, 0.15) is 0 Å². The largest absolute Gasteiger partial charge is 0.465 e. The van der Waals surface area contributed by atoms with Gasteiger partial charge in [0, 0.05) is 0 Å². The first kappa shape index (κ1) is 14.3. The van der Waals surface area contributed by atoms with Crippen molar-refractivity contribution in [3.05, 3.63) is 71.3 Å². The Morgan fingerprint density at radius 1 is 0.950 bits per heavy atom. The third kappa shape index (κ3) is 4.21. The van der Waals surface area contributed by atoms with Crippen LogP contribution in [0.2, 0.25) is 0 Å². The van der Waals surface area contributed by atoms with Crippen molar-refractivity contribution in [3.8, 4) is 0 Å². The average molecular weight is 270 g/mol. The zero-order chi connectivity index (χ0) is 14.2. The number of rotatable bonds is 6. The first-order chi connectivity index (χ1) is 9.79.